The van der Waals surface area contributed by atoms with E-state index in [1.807, 2.05) is 0 Å². The molecular formula is C18H29NO. The number of hydrogen-bond acceptors (Lipinski definition) is 2. The summed E-state index contributed by atoms with van der Waals surface area (Å²) in [5.74, 6) is 1.76. The van der Waals surface area contributed by atoms with Gasteiger partial charge in [0, 0.05) is 12.6 Å². The van der Waals surface area contributed by atoms with Crippen molar-refractivity contribution in [2.24, 2.45) is 11.3 Å². The van der Waals surface area contributed by atoms with Crippen molar-refractivity contribution in [1.82, 2.24) is 5.32 Å². The molecule has 0 aromatic heterocycles. The van der Waals surface area contributed by atoms with Gasteiger partial charge in [0.05, 0.1) is 6.61 Å². The van der Waals surface area contributed by atoms with E-state index in [9.17, 15) is 0 Å². The molecule has 0 aliphatic heterocycles. The topological polar surface area (TPSA) is 21.3 Å². The fraction of sp³-hybridized carbons (Fsp3) is 0.667. The molecule has 1 aromatic carbocycles. The minimum atomic E-state index is 0.409. The quantitative estimate of drug-likeness (QED) is 0.751. The van der Waals surface area contributed by atoms with Crippen molar-refractivity contribution < 1.29 is 4.74 Å². The molecule has 20 heavy (non-hydrogen) atoms. The molecule has 1 aromatic rings. The van der Waals surface area contributed by atoms with E-state index in [1.165, 1.54) is 18.4 Å². The molecule has 0 heterocycles. The molecule has 1 N–H and O–H groups in total. The summed E-state index contributed by atoms with van der Waals surface area (Å²) in [6, 6.07) is 8.93. The van der Waals surface area contributed by atoms with Gasteiger partial charge in [0.25, 0.3) is 0 Å². The van der Waals surface area contributed by atoms with Gasteiger partial charge in [-0.3, -0.25) is 0 Å². The van der Waals surface area contributed by atoms with Crippen LogP contribution in [0.4, 0.5) is 0 Å². The summed E-state index contributed by atoms with van der Waals surface area (Å²) in [7, 11) is 0. The van der Waals surface area contributed by atoms with Gasteiger partial charge in [-0.05, 0) is 55.2 Å². The summed E-state index contributed by atoms with van der Waals surface area (Å²) in [6.45, 7) is 11.0. The molecule has 1 aliphatic carbocycles. The molecule has 1 atom stereocenters. The number of rotatable bonds is 8. The van der Waals surface area contributed by atoms with E-state index in [1.54, 1.807) is 0 Å². The number of ether oxygens (including phenoxy) is 1. The van der Waals surface area contributed by atoms with Crippen LogP contribution in [0.15, 0.2) is 24.3 Å². The lowest BCUT2D eigenvalue weighted by atomic mass is 9.92. The van der Waals surface area contributed by atoms with E-state index >= 15 is 0 Å². The second kappa shape index (κ2) is 6.62. The van der Waals surface area contributed by atoms with Crippen molar-refractivity contribution in [3.63, 3.8) is 0 Å². The van der Waals surface area contributed by atoms with Gasteiger partial charge in [0.15, 0.2) is 0 Å². The zero-order valence-electron chi connectivity index (χ0n) is 13.4. The summed E-state index contributed by atoms with van der Waals surface area (Å²) in [4.78, 5) is 0. The predicted octanol–water partition coefficient (Wildman–Crippen LogP) is 4.56. The molecule has 1 aliphatic rings. The first kappa shape index (κ1) is 15.4. The van der Waals surface area contributed by atoms with Crippen molar-refractivity contribution in [2.45, 2.75) is 53.0 Å². The maximum absolute atomic E-state index is 5.63. The lowest BCUT2D eigenvalue weighted by molar-refractivity contribution is 0.316. The highest BCUT2D eigenvalue weighted by molar-refractivity contribution is 5.29. The molecule has 0 bridgehead atoms. The van der Waals surface area contributed by atoms with Gasteiger partial charge < -0.3 is 10.1 Å². The van der Waals surface area contributed by atoms with Gasteiger partial charge in [-0.1, -0.05) is 32.9 Å². The molecule has 0 saturated heterocycles. The highest BCUT2D eigenvalue weighted by Crippen LogP contribution is 2.51. The molecule has 0 radical (unpaired) electrons. The molecule has 0 amide bonds. The summed E-state index contributed by atoms with van der Waals surface area (Å²) >= 11 is 0. The third-order valence-corrected chi connectivity index (χ3v) is 4.73. The standard InChI is InChI=1S/C18H29NO/c1-5-12-20-17-8-6-16(7-9-17)15(4)19-13-18(10-11-18)14(2)3/h6-9,14-15,19H,5,10-13H2,1-4H3. The largest absolute Gasteiger partial charge is 0.494 e. The van der Waals surface area contributed by atoms with Crippen LogP contribution >= 0.6 is 0 Å². The van der Waals surface area contributed by atoms with E-state index in [0.717, 1.165) is 31.2 Å². The fourth-order valence-electron chi connectivity index (χ4n) is 2.67. The Kier molecular flexibility index (Phi) is 5.09. The Morgan fingerprint density at radius 1 is 1.15 bits per heavy atom. The SMILES string of the molecule is CCCOc1ccc(C(C)NCC2(C(C)C)CC2)cc1. The van der Waals surface area contributed by atoms with E-state index in [2.05, 4.69) is 57.3 Å². The second-order valence-electron chi connectivity index (χ2n) is 6.54. The first-order valence-electron chi connectivity index (χ1n) is 8.03. The summed E-state index contributed by atoms with van der Waals surface area (Å²) in [5, 5.41) is 3.70. The molecule has 2 nitrogen and oxygen atoms in total. The van der Waals surface area contributed by atoms with E-state index < -0.39 is 0 Å². The first-order chi connectivity index (χ1) is 9.57. The lowest BCUT2D eigenvalue weighted by Gasteiger charge is -2.23. The highest BCUT2D eigenvalue weighted by Gasteiger charge is 2.44. The zero-order valence-corrected chi connectivity index (χ0v) is 13.4. The minimum absolute atomic E-state index is 0.409. The Bertz CT molecular complexity index is 406. The van der Waals surface area contributed by atoms with Gasteiger partial charge in [-0.15, -0.1) is 0 Å². The van der Waals surface area contributed by atoms with Gasteiger partial charge in [0.2, 0.25) is 0 Å². The van der Waals surface area contributed by atoms with Crippen LogP contribution in [0.2, 0.25) is 0 Å². The van der Waals surface area contributed by atoms with Gasteiger partial charge in [0.1, 0.15) is 5.75 Å². The minimum Gasteiger partial charge on any atom is -0.494 e. The Balaban J connectivity index is 1.84. The van der Waals surface area contributed by atoms with E-state index in [4.69, 9.17) is 4.74 Å². The maximum atomic E-state index is 5.63. The van der Waals surface area contributed by atoms with Crippen LogP contribution in [0.3, 0.4) is 0 Å². The maximum Gasteiger partial charge on any atom is 0.119 e. The van der Waals surface area contributed by atoms with Crippen LogP contribution in [0.25, 0.3) is 0 Å². The van der Waals surface area contributed by atoms with Crippen molar-refractivity contribution >= 4 is 0 Å². The van der Waals surface area contributed by atoms with Crippen molar-refractivity contribution in [1.29, 1.82) is 0 Å². The molecular weight excluding hydrogens is 246 g/mol. The van der Waals surface area contributed by atoms with Crippen LogP contribution in [0.5, 0.6) is 5.75 Å². The average molecular weight is 275 g/mol. The normalized spacial score (nSPS) is 18.1. The Morgan fingerprint density at radius 2 is 1.80 bits per heavy atom. The number of nitrogens with one attached hydrogen (secondary N) is 1. The molecule has 1 saturated carbocycles. The van der Waals surface area contributed by atoms with Crippen molar-refractivity contribution in [3.05, 3.63) is 29.8 Å². The zero-order chi connectivity index (χ0) is 14.6. The molecule has 112 valence electrons. The van der Waals surface area contributed by atoms with Crippen LogP contribution < -0.4 is 10.1 Å². The molecule has 1 fully saturated rings. The fourth-order valence-corrected chi connectivity index (χ4v) is 2.67. The number of hydrogen-bond donors (Lipinski definition) is 1. The summed E-state index contributed by atoms with van der Waals surface area (Å²) < 4.78 is 5.63. The average Bonchev–Trinajstić information content (AvgIpc) is 3.24. The smallest absolute Gasteiger partial charge is 0.119 e. The molecule has 0 spiro atoms. The monoisotopic (exact) mass is 275 g/mol. The third kappa shape index (κ3) is 3.76. The van der Waals surface area contributed by atoms with Gasteiger partial charge in [-0.25, -0.2) is 0 Å². The molecule has 2 heteroatoms. The van der Waals surface area contributed by atoms with E-state index in [-0.39, 0.29) is 0 Å². The second-order valence-corrected chi connectivity index (χ2v) is 6.54. The molecule has 2 rings (SSSR count). The first-order valence-corrected chi connectivity index (χ1v) is 8.03. The van der Waals surface area contributed by atoms with Gasteiger partial charge in [-0.2, -0.15) is 0 Å². The van der Waals surface area contributed by atoms with Crippen LogP contribution in [0, 0.1) is 11.3 Å². The van der Waals surface area contributed by atoms with E-state index in [0.29, 0.717) is 11.5 Å². The van der Waals surface area contributed by atoms with Crippen molar-refractivity contribution in [3.8, 4) is 5.75 Å². The summed E-state index contributed by atoms with van der Waals surface area (Å²) in [5.41, 5.74) is 1.91. The predicted molar refractivity (Wildman–Crippen MR) is 85.2 cm³/mol. The highest BCUT2D eigenvalue weighted by atomic mass is 16.5. The number of benzene rings is 1. The van der Waals surface area contributed by atoms with Crippen LogP contribution in [-0.2, 0) is 0 Å². The molecule has 1 unspecified atom stereocenters. The lowest BCUT2D eigenvalue weighted by Crippen LogP contribution is -2.29. The summed E-state index contributed by atoms with van der Waals surface area (Å²) in [6.07, 6.45) is 3.82. The Morgan fingerprint density at radius 3 is 2.30 bits per heavy atom. The van der Waals surface area contributed by atoms with Gasteiger partial charge >= 0.3 is 0 Å². The van der Waals surface area contributed by atoms with Crippen LogP contribution in [-0.4, -0.2) is 13.2 Å². The van der Waals surface area contributed by atoms with Crippen molar-refractivity contribution in [2.75, 3.05) is 13.2 Å². The van der Waals surface area contributed by atoms with Crippen LogP contribution in [0.1, 0.15) is 58.6 Å². The third-order valence-electron chi connectivity index (χ3n) is 4.73. The Labute approximate surface area is 123 Å². The Hall–Kier alpha value is -1.02.